The normalized spacial score (nSPS) is 14.4. The van der Waals surface area contributed by atoms with Crippen molar-refractivity contribution in [3.8, 4) is 12.3 Å². The fourth-order valence-electron chi connectivity index (χ4n) is 1.01. The van der Waals surface area contributed by atoms with E-state index in [0.29, 0.717) is 12.8 Å². The second-order valence-corrected chi connectivity index (χ2v) is 10.1. The third kappa shape index (κ3) is 4.63. The molecule has 0 radical (unpaired) electrons. The van der Waals surface area contributed by atoms with E-state index in [9.17, 15) is 4.79 Å². The van der Waals surface area contributed by atoms with E-state index in [2.05, 4.69) is 39.8 Å². The Kier molecular flexibility index (Phi) is 5.26. The Hall–Kier alpha value is -0.593. The van der Waals surface area contributed by atoms with Crippen molar-refractivity contribution in [1.29, 1.82) is 0 Å². The van der Waals surface area contributed by atoms with E-state index in [1.165, 1.54) is 0 Å². The summed E-state index contributed by atoms with van der Waals surface area (Å²) in [5, 5.41) is 0.155. The molecule has 0 rings (SSSR count). The second-order valence-electron chi connectivity index (χ2n) is 5.31. The molecular formula is C12H22O2Si. The SMILES string of the molecule is C#CC[C@H](CC=O)O[Si](C)(C)C(C)(C)C. The van der Waals surface area contributed by atoms with Gasteiger partial charge in [-0.3, -0.25) is 0 Å². The summed E-state index contributed by atoms with van der Waals surface area (Å²) >= 11 is 0. The van der Waals surface area contributed by atoms with Crippen LogP contribution in [0.2, 0.25) is 18.1 Å². The van der Waals surface area contributed by atoms with Crippen molar-refractivity contribution in [3.05, 3.63) is 0 Å². The van der Waals surface area contributed by atoms with Gasteiger partial charge in [-0.15, -0.1) is 12.3 Å². The minimum atomic E-state index is -1.80. The van der Waals surface area contributed by atoms with E-state index in [1.54, 1.807) is 0 Å². The topological polar surface area (TPSA) is 26.3 Å². The van der Waals surface area contributed by atoms with Gasteiger partial charge >= 0.3 is 0 Å². The lowest BCUT2D eigenvalue weighted by Crippen LogP contribution is -2.44. The van der Waals surface area contributed by atoms with Crippen molar-refractivity contribution in [2.75, 3.05) is 0 Å². The van der Waals surface area contributed by atoms with Gasteiger partial charge in [-0.05, 0) is 18.1 Å². The summed E-state index contributed by atoms with van der Waals surface area (Å²) < 4.78 is 6.05. The van der Waals surface area contributed by atoms with E-state index < -0.39 is 8.32 Å². The summed E-state index contributed by atoms with van der Waals surface area (Å²) in [7, 11) is -1.80. The van der Waals surface area contributed by atoms with Gasteiger partial charge in [0.1, 0.15) is 6.29 Å². The highest BCUT2D eigenvalue weighted by Gasteiger charge is 2.38. The summed E-state index contributed by atoms with van der Waals surface area (Å²) in [6, 6.07) is 0. The van der Waals surface area contributed by atoms with Crippen LogP contribution in [-0.4, -0.2) is 20.7 Å². The maximum Gasteiger partial charge on any atom is 0.192 e. The molecule has 0 saturated heterocycles. The number of aldehydes is 1. The molecule has 86 valence electrons. The van der Waals surface area contributed by atoms with Crippen LogP contribution in [0.3, 0.4) is 0 Å². The van der Waals surface area contributed by atoms with Crippen LogP contribution in [0.1, 0.15) is 33.6 Å². The van der Waals surface area contributed by atoms with Crippen LogP contribution in [0.5, 0.6) is 0 Å². The highest BCUT2D eigenvalue weighted by atomic mass is 28.4. The quantitative estimate of drug-likeness (QED) is 0.409. The Balaban J connectivity index is 4.52. The molecule has 0 spiro atoms. The molecule has 0 aromatic heterocycles. The van der Waals surface area contributed by atoms with Gasteiger partial charge < -0.3 is 9.22 Å². The molecule has 0 aromatic rings. The minimum absolute atomic E-state index is 0.103. The molecule has 0 fully saturated rings. The summed E-state index contributed by atoms with van der Waals surface area (Å²) in [6.07, 6.45) is 6.96. The van der Waals surface area contributed by atoms with Crippen LogP contribution in [0.4, 0.5) is 0 Å². The maximum absolute atomic E-state index is 10.5. The molecule has 15 heavy (non-hydrogen) atoms. The van der Waals surface area contributed by atoms with Crippen molar-refractivity contribution in [2.45, 2.75) is 57.8 Å². The van der Waals surface area contributed by atoms with E-state index in [4.69, 9.17) is 10.8 Å². The maximum atomic E-state index is 10.5. The van der Waals surface area contributed by atoms with Gasteiger partial charge in [0.15, 0.2) is 8.32 Å². The average Bonchev–Trinajstić information content (AvgIpc) is 2.02. The van der Waals surface area contributed by atoms with Crippen molar-refractivity contribution in [3.63, 3.8) is 0 Å². The van der Waals surface area contributed by atoms with Crippen LogP contribution in [0.25, 0.3) is 0 Å². The summed E-state index contributed by atoms with van der Waals surface area (Å²) in [4.78, 5) is 10.5. The number of carbonyl (C=O) groups is 1. The number of terminal acetylenes is 1. The largest absolute Gasteiger partial charge is 0.413 e. The van der Waals surface area contributed by atoms with Gasteiger partial charge in [0.25, 0.3) is 0 Å². The molecule has 0 heterocycles. The summed E-state index contributed by atoms with van der Waals surface area (Å²) in [5.41, 5.74) is 0. The lowest BCUT2D eigenvalue weighted by molar-refractivity contribution is -0.109. The van der Waals surface area contributed by atoms with E-state index in [-0.39, 0.29) is 11.1 Å². The molecule has 0 aliphatic carbocycles. The Morgan fingerprint density at radius 1 is 1.47 bits per heavy atom. The third-order valence-electron chi connectivity index (χ3n) is 2.97. The zero-order chi connectivity index (χ0) is 12.1. The number of carbonyl (C=O) groups excluding carboxylic acids is 1. The van der Waals surface area contributed by atoms with Crippen LogP contribution < -0.4 is 0 Å². The Labute approximate surface area is 94.5 Å². The van der Waals surface area contributed by atoms with E-state index in [1.807, 2.05) is 0 Å². The summed E-state index contributed by atoms with van der Waals surface area (Å²) in [6.45, 7) is 10.9. The third-order valence-corrected chi connectivity index (χ3v) is 7.51. The molecule has 2 nitrogen and oxygen atoms in total. The summed E-state index contributed by atoms with van der Waals surface area (Å²) in [5.74, 6) is 2.56. The number of rotatable bonds is 5. The molecule has 0 aromatic carbocycles. The Morgan fingerprint density at radius 3 is 2.33 bits per heavy atom. The monoisotopic (exact) mass is 226 g/mol. The van der Waals surface area contributed by atoms with Gasteiger partial charge in [-0.1, -0.05) is 20.8 Å². The van der Waals surface area contributed by atoms with Crippen LogP contribution in [0.15, 0.2) is 0 Å². The molecular weight excluding hydrogens is 204 g/mol. The zero-order valence-electron chi connectivity index (χ0n) is 10.5. The van der Waals surface area contributed by atoms with Crippen molar-refractivity contribution in [1.82, 2.24) is 0 Å². The first-order valence-corrected chi connectivity index (χ1v) is 8.20. The van der Waals surface area contributed by atoms with Gasteiger partial charge in [0.05, 0.1) is 6.10 Å². The fourth-order valence-corrected chi connectivity index (χ4v) is 2.37. The molecule has 0 aliphatic rings. The molecule has 3 heteroatoms. The van der Waals surface area contributed by atoms with Gasteiger partial charge in [-0.2, -0.15) is 0 Å². The minimum Gasteiger partial charge on any atom is -0.413 e. The first kappa shape index (κ1) is 14.4. The lowest BCUT2D eigenvalue weighted by Gasteiger charge is -2.38. The molecule has 0 bridgehead atoms. The Morgan fingerprint density at radius 2 is 2.00 bits per heavy atom. The van der Waals surface area contributed by atoms with E-state index in [0.717, 1.165) is 6.29 Å². The fraction of sp³-hybridized carbons (Fsp3) is 0.750. The van der Waals surface area contributed by atoms with Gasteiger partial charge in [0, 0.05) is 12.8 Å². The van der Waals surface area contributed by atoms with Crippen molar-refractivity contribution < 1.29 is 9.22 Å². The van der Waals surface area contributed by atoms with Crippen LogP contribution >= 0.6 is 0 Å². The number of hydrogen-bond acceptors (Lipinski definition) is 2. The average molecular weight is 226 g/mol. The number of hydrogen-bond donors (Lipinski definition) is 0. The molecule has 0 aliphatic heterocycles. The van der Waals surface area contributed by atoms with Gasteiger partial charge in [0.2, 0.25) is 0 Å². The highest BCUT2D eigenvalue weighted by molar-refractivity contribution is 6.74. The first-order chi connectivity index (χ1) is 6.74. The molecule has 0 saturated carbocycles. The molecule has 0 unspecified atom stereocenters. The van der Waals surface area contributed by atoms with E-state index >= 15 is 0 Å². The molecule has 0 N–H and O–H groups in total. The standard InChI is InChI=1S/C12H22O2Si/c1-7-8-11(9-10-13)14-15(5,6)12(2,3)4/h1,10-11H,8-9H2,2-6H3/t11-/m1/s1. The smallest absolute Gasteiger partial charge is 0.192 e. The second kappa shape index (κ2) is 5.48. The highest BCUT2D eigenvalue weighted by Crippen LogP contribution is 2.37. The molecule has 0 amide bonds. The lowest BCUT2D eigenvalue weighted by atomic mass is 10.2. The van der Waals surface area contributed by atoms with Crippen molar-refractivity contribution >= 4 is 14.6 Å². The van der Waals surface area contributed by atoms with Gasteiger partial charge in [-0.25, -0.2) is 0 Å². The Bertz CT molecular complexity index is 245. The first-order valence-electron chi connectivity index (χ1n) is 5.29. The predicted octanol–water partition coefficient (Wildman–Crippen LogP) is 2.99. The zero-order valence-corrected chi connectivity index (χ0v) is 11.5. The van der Waals surface area contributed by atoms with Crippen LogP contribution in [0, 0.1) is 12.3 Å². The van der Waals surface area contributed by atoms with Crippen molar-refractivity contribution in [2.24, 2.45) is 0 Å². The van der Waals surface area contributed by atoms with Crippen LogP contribution in [-0.2, 0) is 9.22 Å². The predicted molar refractivity (Wildman–Crippen MR) is 66.2 cm³/mol. The molecule has 1 atom stereocenters.